The van der Waals surface area contributed by atoms with Gasteiger partial charge in [-0.25, -0.2) is 0 Å². The molecule has 0 N–H and O–H groups in total. The molecule has 0 bridgehead atoms. The van der Waals surface area contributed by atoms with Crippen molar-refractivity contribution in [1.82, 2.24) is 0 Å². The van der Waals surface area contributed by atoms with Crippen LogP contribution in [0.2, 0.25) is 0 Å². The maximum absolute atomic E-state index is 3.86. The Bertz CT molecular complexity index is 538. The van der Waals surface area contributed by atoms with Crippen LogP contribution in [0.25, 0.3) is 22.9 Å². The van der Waals surface area contributed by atoms with Crippen LogP contribution in [0, 0.1) is 0 Å². The summed E-state index contributed by atoms with van der Waals surface area (Å²) in [4.78, 5) is 0. The predicted octanol–water partition coefficient (Wildman–Crippen LogP) is 4.89. The predicted molar refractivity (Wildman–Crippen MR) is 71.8 cm³/mol. The molecule has 74 valence electrons. The van der Waals surface area contributed by atoms with Gasteiger partial charge < -0.3 is 0 Å². The zero-order chi connectivity index (χ0) is 10.8. The first kappa shape index (κ1) is 10.2. The standard InChI is InChI=1S/C14H11Br/c1-3-10-5-6-11-7-8-12(15)9-14(11)13(10)4-2/h3-9H,1-2H2. The van der Waals surface area contributed by atoms with Gasteiger partial charge in [-0.05, 0) is 34.0 Å². The molecule has 15 heavy (non-hydrogen) atoms. The van der Waals surface area contributed by atoms with E-state index in [1.54, 1.807) is 0 Å². The summed E-state index contributed by atoms with van der Waals surface area (Å²) in [5.41, 5.74) is 2.26. The van der Waals surface area contributed by atoms with Gasteiger partial charge in [0.1, 0.15) is 0 Å². The molecule has 0 atom stereocenters. The molecule has 0 spiro atoms. The Balaban J connectivity index is 2.90. The normalized spacial score (nSPS) is 10.2. The number of hydrogen-bond acceptors (Lipinski definition) is 0. The van der Waals surface area contributed by atoms with Crippen molar-refractivity contribution in [3.63, 3.8) is 0 Å². The van der Waals surface area contributed by atoms with Crippen LogP contribution in [0.1, 0.15) is 11.1 Å². The summed E-state index contributed by atoms with van der Waals surface area (Å²) in [5.74, 6) is 0. The Labute approximate surface area is 98.1 Å². The van der Waals surface area contributed by atoms with Crippen LogP contribution in [0.5, 0.6) is 0 Å². The van der Waals surface area contributed by atoms with Crippen LogP contribution in [-0.2, 0) is 0 Å². The van der Waals surface area contributed by atoms with Crippen molar-refractivity contribution in [3.8, 4) is 0 Å². The van der Waals surface area contributed by atoms with Gasteiger partial charge in [0.15, 0.2) is 0 Å². The second-order valence-electron chi connectivity index (χ2n) is 3.34. The lowest BCUT2D eigenvalue weighted by molar-refractivity contribution is 1.65. The average molecular weight is 259 g/mol. The van der Waals surface area contributed by atoms with Crippen molar-refractivity contribution in [2.24, 2.45) is 0 Å². The summed E-state index contributed by atoms with van der Waals surface area (Å²) in [6, 6.07) is 10.4. The number of benzene rings is 2. The minimum absolute atomic E-state index is 1.08. The van der Waals surface area contributed by atoms with Gasteiger partial charge in [0, 0.05) is 4.47 Å². The highest BCUT2D eigenvalue weighted by Gasteiger charge is 2.02. The van der Waals surface area contributed by atoms with E-state index in [1.807, 2.05) is 18.2 Å². The molecule has 0 aliphatic heterocycles. The maximum atomic E-state index is 3.86. The molecular weight excluding hydrogens is 248 g/mol. The summed E-state index contributed by atoms with van der Waals surface area (Å²) in [7, 11) is 0. The van der Waals surface area contributed by atoms with E-state index in [1.165, 1.54) is 10.8 Å². The zero-order valence-corrected chi connectivity index (χ0v) is 9.92. The van der Waals surface area contributed by atoms with E-state index in [4.69, 9.17) is 0 Å². The van der Waals surface area contributed by atoms with Gasteiger partial charge in [0.25, 0.3) is 0 Å². The van der Waals surface area contributed by atoms with Gasteiger partial charge >= 0.3 is 0 Å². The van der Waals surface area contributed by atoms with Crippen LogP contribution < -0.4 is 0 Å². The first-order chi connectivity index (χ1) is 7.26. The molecule has 0 saturated heterocycles. The Hall–Kier alpha value is -1.34. The van der Waals surface area contributed by atoms with E-state index < -0.39 is 0 Å². The van der Waals surface area contributed by atoms with Crippen molar-refractivity contribution < 1.29 is 0 Å². The quantitative estimate of drug-likeness (QED) is 0.720. The highest BCUT2D eigenvalue weighted by molar-refractivity contribution is 9.10. The smallest absolute Gasteiger partial charge is 0.0181 e. The first-order valence-corrected chi connectivity index (χ1v) is 5.52. The highest BCUT2D eigenvalue weighted by Crippen LogP contribution is 2.27. The molecule has 2 rings (SSSR count). The summed E-state index contributed by atoms with van der Waals surface area (Å²) in [5, 5.41) is 2.43. The van der Waals surface area contributed by atoms with Crippen molar-refractivity contribution in [3.05, 3.63) is 59.1 Å². The van der Waals surface area contributed by atoms with E-state index in [0.29, 0.717) is 0 Å². The van der Waals surface area contributed by atoms with Gasteiger partial charge in [0.2, 0.25) is 0 Å². The van der Waals surface area contributed by atoms with E-state index in [-0.39, 0.29) is 0 Å². The Morgan fingerprint density at radius 3 is 2.40 bits per heavy atom. The molecule has 2 aromatic carbocycles. The van der Waals surface area contributed by atoms with Crippen LogP contribution >= 0.6 is 15.9 Å². The maximum Gasteiger partial charge on any atom is 0.0181 e. The molecule has 0 saturated carbocycles. The molecule has 0 aromatic heterocycles. The van der Waals surface area contributed by atoms with E-state index in [0.717, 1.165) is 15.6 Å². The van der Waals surface area contributed by atoms with Crippen molar-refractivity contribution >= 4 is 38.9 Å². The molecule has 0 aliphatic carbocycles. The molecule has 0 unspecified atom stereocenters. The number of rotatable bonds is 2. The average Bonchev–Trinajstić information content (AvgIpc) is 2.27. The fraction of sp³-hybridized carbons (Fsp3) is 0. The molecule has 0 heterocycles. The fourth-order valence-electron chi connectivity index (χ4n) is 1.74. The molecular formula is C14H11Br. The fourth-order valence-corrected chi connectivity index (χ4v) is 2.10. The third kappa shape index (κ3) is 1.75. The molecule has 0 nitrogen and oxygen atoms in total. The molecule has 0 amide bonds. The number of halogens is 1. The minimum atomic E-state index is 1.08. The van der Waals surface area contributed by atoms with E-state index >= 15 is 0 Å². The lowest BCUT2D eigenvalue weighted by Gasteiger charge is -2.06. The lowest BCUT2D eigenvalue weighted by Crippen LogP contribution is -1.83. The second-order valence-corrected chi connectivity index (χ2v) is 4.26. The summed E-state index contributed by atoms with van der Waals surface area (Å²) in [6.07, 6.45) is 3.74. The van der Waals surface area contributed by atoms with Crippen LogP contribution in [-0.4, -0.2) is 0 Å². The minimum Gasteiger partial charge on any atom is -0.0984 e. The topological polar surface area (TPSA) is 0 Å². The van der Waals surface area contributed by atoms with E-state index in [2.05, 4.69) is 53.4 Å². The largest absolute Gasteiger partial charge is 0.0984 e. The third-order valence-corrected chi connectivity index (χ3v) is 2.98. The van der Waals surface area contributed by atoms with Crippen molar-refractivity contribution in [2.75, 3.05) is 0 Å². The van der Waals surface area contributed by atoms with Crippen molar-refractivity contribution in [2.45, 2.75) is 0 Å². The molecule has 0 radical (unpaired) electrons. The first-order valence-electron chi connectivity index (χ1n) is 4.73. The van der Waals surface area contributed by atoms with Gasteiger partial charge in [-0.15, -0.1) is 0 Å². The Morgan fingerprint density at radius 2 is 1.73 bits per heavy atom. The molecule has 0 aliphatic rings. The summed E-state index contributed by atoms with van der Waals surface area (Å²) >= 11 is 3.48. The number of hydrogen-bond donors (Lipinski definition) is 0. The van der Waals surface area contributed by atoms with Gasteiger partial charge in [-0.2, -0.15) is 0 Å². The second kappa shape index (κ2) is 4.03. The van der Waals surface area contributed by atoms with Crippen LogP contribution in [0.4, 0.5) is 0 Å². The zero-order valence-electron chi connectivity index (χ0n) is 8.33. The monoisotopic (exact) mass is 258 g/mol. The lowest BCUT2D eigenvalue weighted by atomic mass is 9.99. The number of fused-ring (bicyclic) bond motifs is 1. The summed E-state index contributed by atoms with van der Waals surface area (Å²) < 4.78 is 1.08. The van der Waals surface area contributed by atoms with Gasteiger partial charge in [-0.3, -0.25) is 0 Å². The van der Waals surface area contributed by atoms with Crippen molar-refractivity contribution in [1.29, 1.82) is 0 Å². The van der Waals surface area contributed by atoms with Crippen LogP contribution in [0.15, 0.2) is 48.0 Å². The van der Waals surface area contributed by atoms with Gasteiger partial charge in [0.05, 0.1) is 0 Å². The molecule has 2 aromatic rings. The Kier molecular flexibility index (Phi) is 2.74. The van der Waals surface area contributed by atoms with E-state index in [9.17, 15) is 0 Å². The van der Waals surface area contributed by atoms with Gasteiger partial charge in [-0.1, -0.05) is 59.4 Å². The SMILES string of the molecule is C=Cc1ccc2ccc(Br)cc2c1C=C. The molecule has 1 heteroatoms. The summed E-state index contributed by atoms with van der Waals surface area (Å²) in [6.45, 7) is 7.67. The third-order valence-electron chi connectivity index (χ3n) is 2.48. The highest BCUT2D eigenvalue weighted by atomic mass is 79.9. The molecule has 0 fully saturated rings. The Morgan fingerprint density at radius 1 is 1.00 bits per heavy atom. The van der Waals surface area contributed by atoms with Crippen LogP contribution in [0.3, 0.4) is 0 Å².